The van der Waals surface area contributed by atoms with Crippen LogP contribution in [0.4, 0.5) is 0 Å². The molecule has 2 saturated heterocycles. The maximum absolute atomic E-state index is 13.8. The van der Waals surface area contributed by atoms with Crippen molar-refractivity contribution in [1.29, 1.82) is 0 Å². The zero-order chi connectivity index (χ0) is 60.2. The Morgan fingerprint density at radius 3 is 1.83 bits per heavy atom. The molecule has 0 saturated carbocycles. The number of carbonyl (C=O) groups excluding carboxylic acids is 11. The van der Waals surface area contributed by atoms with Crippen LogP contribution in [0.2, 0.25) is 0 Å². The van der Waals surface area contributed by atoms with E-state index in [9.17, 15) is 57.8 Å². The van der Waals surface area contributed by atoms with E-state index < -0.39 is 122 Å². The van der Waals surface area contributed by atoms with Crippen molar-refractivity contribution in [2.45, 2.75) is 160 Å². The van der Waals surface area contributed by atoms with Gasteiger partial charge < -0.3 is 49.6 Å². The van der Waals surface area contributed by atoms with Gasteiger partial charge in [0.1, 0.15) is 31.0 Å². The van der Waals surface area contributed by atoms with Gasteiger partial charge in [0.2, 0.25) is 35.8 Å². The predicted octanol–water partition coefficient (Wildman–Crippen LogP) is 4.75. The van der Waals surface area contributed by atoms with Gasteiger partial charge in [-0.1, -0.05) is 99.8 Å². The van der Waals surface area contributed by atoms with Crippen LogP contribution in [0.1, 0.15) is 140 Å². The number of rotatable bonds is 25. The van der Waals surface area contributed by atoms with Gasteiger partial charge in [-0.25, -0.2) is 0 Å². The van der Waals surface area contributed by atoms with Crippen molar-refractivity contribution in [1.82, 2.24) is 30.2 Å². The monoisotopic (exact) mass is 1100 g/mol. The first-order chi connectivity index (χ1) is 36.5. The second kappa shape index (κ2) is 40.9. The first-order valence-electron chi connectivity index (χ1n) is 27.2. The molecule has 2 heterocycles. The number of aliphatic hydroxyl groups excluding tert-OH is 1. The molecule has 3 rings (SSSR count). The number of aliphatic hydroxyl groups is 1. The summed E-state index contributed by atoms with van der Waals surface area (Å²) in [6.45, 7) is 23.8. The number of hydrogen-bond acceptors (Lipinski definition) is 15. The molecule has 1 aromatic carbocycles. The molecule has 21 heteroatoms. The molecule has 2 aliphatic rings. The highest BCUT2D eigenvalue weighted by Crippen LogP contribution is 2.26. The molecule has 444 valence electrons. The second-order valence-electron chi connectivity index (χ2n) is 21.1. The Labute approximate surface area is 464 Å². The molecule has 2 aliphatic heterocycles. The van der Waals surface area contributed by atoms with Crippen molar-refractivity contribution in [3.63, 3.8) is 0 Å². The summed E-state index contributed by atoms with van der Waals surface area (Å²) in [7, 11) is 4.29. The molecule has 21 nitrogen and oxygen atoms in total. The fourth-order valence-corrected chi connectivity index (χ4v) is 7.20. The number of aryl methyl sites for hydroxylation is 1. The molecule has 6 atom stereocenters. The topological polar surface area (TPSA) is 273 Å². The number of methoxy groups -OCH3 is 1. The molecule has 3 N–H and O–H groups in total. The standard InChI is InChI=1S/C38H58N6O14.C8H10O.2C4H10.C3H8/c1-7-23(2)26(29(47)16-34(52)58-21-31(49)24(3)36(54)39-17-33(51)43-12-8-9-13-43)15-30(48)27(20-57-35(53)19-41(5)22-45)40-32(50)18-42(6)38(56)28-11-10-14-44(28)37(55)25(4)46;1-7-3-5-8(9-2)6-4-7;2*1-4(2)3;1-3-2/h22-24,26-29,47H,7-21H2,1-6H3,(H,39,54)(H,40,50);3-6H,1-2H3;2*4H,1-3H3;3H2,1-2H3/t23?,24-,26-,27?,28?,29?;;;;/m0..../s1. The highest BCUT2D eigenvalue weighted by Gasteiger charge is 2.38. The number of ketones is 3. The molecule has 1 aromatic rings. The van der Waals surface area contributed by atoms with Crippen LogP contribution in [0.15, 0.2) is 24.3 Å². The van der Waals surface area contributed by atoms with E-state index in [1.54, 1.807) is 25.9 Å². The second-order valence-corrected chi connectivity index (χ2v) is 21.1. The summed E-state index contributed by atoms with van der Waals surface area (Å²) in [6.07, 6.45) is 2.03. The number of carbonyl (C=O) groups is 11. The molecule has 0 aromatic heterocycles. The van der Waals surface area contributed by atoms with Crippen molar-refractivity contribution in [3.05, 3.63) is 29.8 Å². The predicted molar refractivity (Wildman–Crippen MR) is 297 cm³/mol. The van der Waals surface area contributed by atoms with Crippen LogP contribution in [0.25, 0.3) is 0 Å². The Morgan fingerprint density at radius 2 is 1.33 bits per heavy atom. The third-order valence-electron chi connectivity index (χ3n) is 11.6. The lowest BCUT2D eigenvalue weighted by atomic mass is 9.81. The van der Waals surface area contributed by atoms with Gasteiger partial charge in [0, 0.05) is 47.1 Å². The van der Waals surface area contributed by atoms with Crippen molar-refractivity contribution < 1.29 is 72.1 Å². The number of esters is 2. The van der Waals surface area contributed by atoms with E-state index in [4.69, 9.17) is 14.2 Å². The quantitative estimate of drug-likeness (QED) is 0.0516. The minimum Gasteiger partial charge on any atom is -0.497 e. The number of Topliss-reactive ketones (excluding diaryl/α,β-unsaturated/α-hetero) is 3. The number of ether oxygens (including phenoxy) is 3. The summed E-state index contributed by atoms with van der Waals surface area (Å²) in [5, 5.41) is 16.0. The van der Waals surface area contributed by atoms with Gasteiger partial charge in [0.05, 0.1) is 38.6 Å². The Balaban J connectivity index is 0. The summed E-state index contributed by atoms with van der Waals surface area (Å²) in [4.78, 5) is 142. The van der Waals surface area contributed by atoms with E-state index in [0.29, 0.717) is 32.3 Å². The van der Waals surface area contributed by atoms with Crippen molar-refractivity contribution >= 4 is 65.2 Å². The lowest BCUT2D eigenvalue weighted by Gasteiger charge is -2.29. The minimum absolute atomic E-state index is 0.191. The lowest BCUT2D eigenvalue weighted by molar-refractivity contribution is -0.153. The SMILES string of the molecule is CC(C)C.CC(C)C.CCC.CCC(C)[C@H](CC(=O)C(COC(=O)CN(C)C=O)NC(=O)CN(C)C(=O)C1CCCN1C(=O)C(C)=O)C(O)CC(=O)OCC(=O)[C@H](C)C(=O)NCC(=O)N1CCCC1.COc1ccc(C)cc1. The van der Waals surface area contributed by atoms with Crippen LogP contribution >= 0.6 is 0 Å². The van der Waals surface area contributed by atoms with Gasteiger partial charge in [-0.05, 0) is 75.3 Å². The highest BCUT2D eigenvalue weighted by molar-refractivity contribution is 6.35. The summed E-state index contributed by atoms with van der Waals surface area (Å²) in [5.41, 5.74) is 1.26. The molecular formula is C57H96N6O15. The molecule has 0 bridgehead atoms. The van der Waals surface area contributed by atoms with Gasteiger partial charge in [-0.3, -0.25) is 52.7 Å². The van der Waals surface area contributed by atoms with E-state index in [0.717, 1.165) is 52.1 Å². The van der Waals surface area contributed by atoms with Crippen molar-refractivity contribution in [2.24, 2.45) is 29.6 Å². The Bertz CT molecular complexity index is 2010. The molecule has 0 aliphatic carbocycles. The molecule has 2 fully saturated rings. The van der Waals surface area contributed by atoms with Gasteiger partial charge >= 0.3 is 11.9 Å². The normalized spacial score (nSPS) is 15.2. The van der Waals surface area contributed by atoms with Gasteiger partial charge in [-0.15, -0.1) is 0 Å². The van der Waals surface area contributed by atoms with Crippen LogP contribution in [-0.2, 0) is 62.2 Å². The number of likely N-dealkylation sites (N-methyl/N-ethyl adjacent to an activating group) is 2. The molecular weight excluding hydrogens is 1010 g/mol. The Hall–Kier alpha value is -6.25. The number of benzene rings is 1. The molecule has 6 amide bonds. The number of likely N-dealkylation sites (tertiary alicyclic amines) is 2. The summed E-state index contributed by atoms with van der Waals surface area (Å²) in [5.74, 6) is -7.26. The van der Waals surface area contributed by atoms with Crippen molar-refractivity contribution in [3.8, 4) is 5.75 Å². The van der Waals surface area contributed by atoms with E-state index in [1.807, 2.05) is 24.3 Å². The van der Waals surface area contributed by atoms with Crippen LogP contribution in [0.3, 0.4) is 0 Å². The maximum Gasteiger partial charge on any atom is 0.325 e. The fourth-order valence-electron chi connectivity index (χ4n) is 7.20. The third-order valence-corrected chi connectivity index (χ3v) is 11.6. The molecule has 4 unspecified atom stereocenters. The zero-order valence-electron chi connectivity index (χ0n) is 49.8. The Morgan fingerprint density at radius 1 is 0.782 bits per heavy atom. The summed E-state index contributed by atoms with van der Waals surface area (Å²) >= 11 is 0. The first kappa shape index (κ1) is 73.8. The van der Waals surface area contributed by atoms with Crippen LogP contribution in [-0.4, -0.2) is 182 Å². The summed E-state index contributed by atoms with van der Waals surface area (Å²) in [6, 6.07) is 5.50. The number of nitrogens with one attached hydrogen (secondary N) is 2. The van der Waals surface area contributed by atoms with Crippen LogP contribution in [0.5, 0.6) is 5.75 Å². The Kier molecular flexibility index (Phi) is 38.7. The van der Waals surface area contributed by atoms with Crippen LogP contribution in [0, 0.1) is 36.5 Å². The number of amides is 6. The summed E-state index contributed by atoms with van der Waals surface area (Å²) < 4.78 is 15.2. The molecule has 0 radical (unpaired) electrons. The number of hydrogen-bond donors (Lipinski definition) is 3. The third kappa shape index (κ3) is 31.8. The average molecular weight is 1110 g/mol. The zero-order valence-corrected chi connectivity index (χ0v) is 49.8. The van der Waals surface area contributed by atoms with Gasteiger partial charge in [0.25, 0.3) is 5.91 Å². The molecule has 0 spiro atoms. The highest BCUT2D eigenvalue weighted by atomic mass is 16.5. The fraction of sp³-hybridized carbons (Fsp3) is 0.702. The van der Waals surface area contributed by atoms with E-state index in [-0.39, 0.29) is 31.3 Å². The van der Waals surface area contributed by atoms with Crippen LogP contribution < -0.4 is 15.4 Å². The first-order valence-corrected chi connectivity index (χ1v) is 27.2. The van der Waals surface area contributed by atoms with Crippen molar-refractivity contribution in [2.75, 3.05) is 73.7 Å². The lowest BCUT2D eigenvalue weighted by Crippen LogP contribution is -2.52. The van der Waals surface area contributed by atoms with E-state index >= 15 is 0 Å². The van der Waals surface area contributed by atoms with E-state index in [2.05, 4.69) is 72.9 Å². The minimum atomic E-state index is -1.50. The maximum atomic E-state index is 13.8. The molecule has 78 heavy (non-hydrogen) atoms. The number of nitrogens with zero attached hydrogens (tertiary/aromatic N) is 4. The van der Waals surface area contributed by atoms with Gasteiger partial charge in [0.15, 0.2) is 18.2 Å². The van der Waals surface area contributed by atoms with Gasteiger partial charge in [-0.2, -0.15) is 0 Å². The largest absolute Gasteiger partial charge is 0.497 e. The average Bonchev–Trinajstić information content (AvgIpc) is 4.11. The smallest absolute Gasteiger partial charge is 0.325 e. The van der Waals surface area contributed by atoms with E-state index in [1.165, 1.54) is 33.0 Å².